The normalized spacial score (nSPS) is 12.9. The smallest absolute Gasteiger partial charge is 0.346 e. The Labute approximate surface area is 168 Å². The molecule has 0 saturated heterocycles. The fourth-order valence-electron chi connectivity index (χ4n) is 2.98. The number of benzene rings is 1. The molecule has 0 aliphatic carbocycles. The lowest BCUT2D eigenvalue weighted by Crippen LogP contribution is -2.33. The van der Waals surface area contributed by atoms with Gasteiger partial charge in [0.05, 0.1) is 24.7 Å². The third-order valence-corrected chi connectivity index (χ3v) is 6.90. The van der Waals surface area contributed by atoms with Gasteiger partial charge in [-0.05, 0) is 13.5 Å². The Hall–Kier alpha value is -2.33. The summed E-state index contributed by atoms with van der Waals surface area (Å²) >= 11 is 0. The van der Waals surface area contributed by atoms with E-state index in [4.69, 9.17) is 18.5 Å². The van der Waals surface area contributed by atoms with Gasteiger partial charge in [-0.25, -0.2) is 9.97 Å². The van der Waals surface area contributed by atoms with E-state index in [1.807, 2.05) is 11.8 Å². The van der Waals surface area contributed by atoms with Crippen LogP contribution in [0.2, 0.25) is 0 Å². The van der Waals surface area contributed by atoms with E-state index in [2.05, 4.69) is 9.97 Å². The highest BCUT2D eigenvalue weighted by molar-refractivity contribution is 7.54. The first-order valence-corrected chi connectivity index (χ1v) is 10.4. The van der Waals surface area contributed by atoms with E-state index >= 15 is 0 Å². The maximum Gasteiger partial charge on any atom is 0.346 e. The molecule has 0 bridgehead atoms. The summed E-state index contributed by atoms with van der Waals surface area (Å²) < 4.78 is 33.4. The maximum atomic E-state index is 12.8. The Morgan fingerprint density at radius 2 is 1.72 bits per heavy atom. The fraction of sp³-hybridized carbons (Fsp3) is 0.529. The maximum absolute atomic E-state index is 12.8. The summed E-state index contributed by atoms with van der Waals surface area (Å²) in [6.45, 7) is 4.28. The van der Waals surface area contributed by atoms with Crippen molar-refractivity contribution >= 4 is 24.3 Å². The van der Waals surface area contributed by atoms with Gasteiger partial charge in [-0.2, -0.15) is 0 Å². The van der Waals surface area contributed by atoms with Crippen molar-refractivity contribution in [1.82, 2.24) is 14.9 Å². The number of rotatable bonds is 10. The first kappa shape index (κ1) is 23.0. The van der Waals surface area contributed by atoms with Crippen molar-refractivity contribution < 1.29 is 28.0 Å². The van der Waals surface area contributed by atoms with Gasteiger partial charge in [0.15, 0.2) is 0 Å². The number of nitrogens with zero attached hydrogens (tertiary/aromatic N) is 4. The highest BCUT2D eigenvalue weighted by Gasteiger charge is 2.35. The van der Waals surface area contributed by atoms with Crippen molar-refractivity contribution in [1.29, 1.82) is 0 Å². The number of nitro benzene ring substituents is 1. The predicted molar refractivity (Wildman–Crippen MR) is 106 cm³/mol. The molecule has 2 rings (SSSR count). The van der Waals surface area contributed by atoms with Crippen molar-refractivity contribution in [2.24, 2.45) is 0 Å². The quantitative estimate of drug-likeness (QED) is 0.316. The molecule has 0 radical (unpaired) electrons. The number of non-ortho nitro benzene ring substituents is 1. The first-order valence-electron chi connectivity index (χ1n) is 8.76. The third-order valence-electron chi connectivity index (χ3n) is 4.64. The molecule has 0 spiro atoms. The van der Waals surface area contributed by atoms with Crippen molar-refractivity contribution in [2.75, 3.05) is 35.0 Å². The van der Waals surface area contributed by atoms with Gasteiger partial charge in [-0.15, -0.1) is 0 Å². The van der Waals surface area contributed by atoms with E-state index in [1.165, 1.54) is 40.6 Å². The van der Waals surface area contributed by atoms with Crippen LogP contribution in [-0.4, -0.2) is 60.6 Å². The molecule has 0 aliphatic heterocycles. The zero-order valence-corrected chi connectivity index (χ0v) is 18.1. The number of hydrogen-bond acceptors (Lipinski definition) is 10. The monoisotopic (exact) mass is 428 g/mol. The molecule has 160 valence electrons. The summed E-state index contributed by atoms with van der Waals surface area (Å²) in [6.07, 6.45) is 0. The van der Waals surface area contributed by atoms with Crippen LogP contribution in [0.25, 0.3) is 11.0 Å². The second-order valence-electron chi connectivity index (χ2n) is 6.07. The van der Waals surface area contributed by atoms with E-state index in [0.29, 0.717) is 17.6 Å². The Morgan fingerprint density at radius 1 is 1.14 bits per heavy atom. The van der Waals surface area contributed by atoms with Gasteiger partial charge in [0.1, 0.15) is 11.3 Å². The summed E-state index contributed by atoms with van der Waals surface area (Å²) in [4.78, 5) is 21.5. The number of aromatic nitrogens is 2. The lowest BCUT2D eigenvalue weighted by molar-refractivity contribution is -0.384. The summed E-state index contributed by atoms with van der Waals surface area (Å²) in [5, 5.41) is 11.4. The van der Waals surface area contributed by atoms with Gasteiger partial charge in [0, 0.05) is 38.5 Å². The molecule has 1 aromatic carbocycles. The number of methoxy groups -OCH3 is 2. The van der Waals surface area contributed by atoms with E-state index in [9.17, 15) is 14.7 Å². The fourth-order valence-corrected chi connectivity index (χ4v) is 4.39. The van der Waals surface area contributed by atoms with Gasteiger partial charge >= 0.3 is 7.60 Å². The summed E-state index contributed by atoms with van der Waals surface area (Å²) in [6, 6.07) is 2.74. The van der Waals surface area contributed by atoms with Crippen LogP contribution < -0.4 is 9.47 Å². The molecule has 0 saturated carbocycles. The zero-order chi connectivity index (χ0) is 21.8. The second kappa shape index (κ2) is 9.45. The molecule has 12 heteroatoms. The van der Waals surface area contributed by atoms with Gasteiger partial charge < -0.3 is 18.5 Å². The van der Waals surface area contributed by atoms with Gasteiger partial charge in [0.25, 0.3) is 17.4 Å². The number of nitro groups is 1. The minimum Gasteiger partial charge on any atom is -0.477 e. The highest BCUT2D eigenvalue weighted by Crippen LogP contribution is 2.52. The molecule has 2 aromatic rings. The van der Waals surface area contributed by atoms with Crippen LogP contribution in [0.5, 0.6) is 11.8 Å². The Kier molecular flexibility index (Phi) is 7.48. The van der Waals surface area contributed by atoms with Crippen molar-refractivity contribution in [3.63, 3.8) is 0 Å². The van der Waals surface area contributed by atoms with Crippen molar-refractivity contribution in [3.8, 4) is 11.8 Å². The molecule has 0 unspecified atom stereocenters. The van der Waals surface area contributed by atoms with Gasteiger partial charge in [-0.3, -0.25) is 19.6 Å². The third kappa shape index (κ3) is 4.64. The van der Waals surface area contributed by atoms with E-state index in [0.717, 1.165) is 0 Å². The van der Waals surface area contributed by atoms with Crippen LogP contribution >= 0.6 is 7.60 Å². The molecule has 0 aliphatic rings. The van der Waals surface area contributed by atoms with Crippen LogP contribution in [0.4, 0.5) is 5.69 Å². The summed E-state index contributed by atoms with van der Waals surface area (Å²) in [5.74, 6) is -0.314. The molecular formula is C17H25N4O7P. The lowest BCUT2D eigenvalue weighted by Gasteiger charge is -2.31. The van der Waals surface area contributed by atoms with Gasteiger partial charge in [-0.1, -0.05) is 6.92 Å². The lowest BCUT2D eigenvalue weighted by atomic mass is 10.1. The molecule has 0 fully saturated rings. The number of fused-ring (bicyclic) bond motifs is 1. The van der Waals surface area contributed by atoms with Crippen LogP contribution in [0.3, 0.4) is 0 Å². The Morgan fingerprint density at radius 3 is 2.21 bits per heavy atom. The highest BCUT2D eigenvalue weighted by atomic mass is 31.2. The van der Waals surface area contributed by atoms with E-state index < -0.39 is 18.3 Å². The molecule has 1 atom stereocenters. The van der Waals surface area contributed by atoms with Crippen LogP contribution in [0, 0.1) is 10.1 Å². The van der Waals surface area contributed by atoms with Crippen molar-refractivity contribution in [3.05, 3.63) is 27.8 Å². The van der Waals surface area contributed by atoms with E-state index in [1.54, 1.807) is 6.92 Å². The molecular weight excluding hydrogens is 403 g/mol. The molecule has 29 heavy (non-hydrogen) atoms. The zero-order valence-electron chi connectivity index (χ0n) is 17.2. The average Bonchev–Trinajstić information content (AvgIpc) is 2.74. The minimum absolute atomic E-state index is 0.121. The first-order chi connectivity index (χ1) is 13.7. The molecule has 1 aromatic heterocycles. The second-order valence-corrected chi connectivity index (χ2v) is 8.63. The largest absolute Gasteiger partial charge is 0.477 e. The molecule has 11 nitrogen and oxygen atoms in total. The average molecular weight is 428 g/mol. The van der Waals surface area contributed by atoms with Crippen LogP contribution in [0.1, 0.15) is 19.4 Å². The minimum atomic E-state index is -3.39. The van der Waals surface area contributed by atoms with Crippen LogP contribution in [-0.2, 0) is 20.2 Å². The standard InChI is InChI=1S/C17H25N4O7P/c1-7-20(11(2)29(24,27-5)28-6)10-12-8-13(21(22)23)9-14-15(12)19-17(26-4)16(18-14)25-3/h8-9,11H,7,10H2,1-6H3/t11-/m1/s1. The molecule has 0 amide bonds. The molecule has 0 N–H and O–H groups in total. The topological polar surface area (TPSA) is 126 Å². The number of ether oxygens (including phenoxy) is 2. The van der Waals surface area contributed by atoms with Crippen molar-refractivity contribution in [2.45, 2.75) is 26.2 Å². The van der Waals surface area contributed by atoms with Crippen LogP contribution in [0.15, 0.2) is 12.1 Å². The Balaban J connectivity index is 2.62. The van der Waals surface area contributed by atoms with Gasteiger partial charge in [0.2, 0.25) is 0 Å². The summed E-state index contributed by atoms with van der Waals surface area (Å²) in [7, 11) is 2.08. The molecule has 1 heterocycles. The number of hydrogen-bond donors (Lipinski definition) is 0. The SMILES string of the molecule is CCN(Cc1cc([N+](=O)[O-])cc2nc(OC)c(OC)nc12)[C@@H](C)P(=O)(OC)OC. The Bertz CT molecular complexity index is 932. The summed E-state index contributed by atoms with van der Waals surface area (Å²) in [5.41, 5.74) is 1.09. The van der Waals surface area contributed by atoms with E-state index in [-0.39, 0.29) is 29.5 Å². The predicted octanol–water partition coefficient (Wildman–Crippen LogP) is 3.21.